The molecule has 0 bridgehead atoms. The highest BCUT2D eigenvalue weighted by molar-refractivity contribution is 7.89. The predicted octanol–water partition coefficient (Wildman–Crippen LogP) is 0.751. The normalized spacial score (nSPS) is 20.6. The SMILES string of the molecule is O=C(NCc1ccco1)[C@H]1CC(=O)N(CCN2CCN(S(=O)(=O)c3ccccc3)CC2)C1. The zero-order chi connectivity index (χ0) is 22.6. The molecule has 32 heavy (non-hydrogen) atoms. The lowest BCUT2D eigenvalue weighted by molar-refractivity contribution is -0.129. The second-order valence-corrected chi connectivity index (χ2v) is 10.0. The van der Waals surface area contributed by atoms with Gasteiger partial charge in [0.05, 0.1) is 23.6 Å². The van der Waals surface area contributed by atoms with Crippen LogP contribution in [0.2, 0.25) is 0 Å². The second kappa shape index (κ2) is 9.85. The zero-order valence-electron chi connectivity index (χ0n) is 17.9. The maximum atomic E-state index is 12.7. The molecule has 1 aromatic carbocycles. The first-order valence-electron chi connectivity index (χ1n) is 10.8. The summed E-state index contributed by atoms with van der Waals surface area (Å²) >= 11 is 0. The fourth-order valence-electron chi connectivity index (χ4n) is 4.09. The van der Waals surface area contributed by atoms with E-state index >= 15 is 0 Å². The Morgan fingerprint density at radius 3 is 2.47 bits per heavy atom. The van der Waals surface area contributed by atoms with Crippen LogP contribution >= 0.6 is 0 Å². The van der Waals surface area contributed by atoms with Crippen molar-refractivity contribution in [3.63, 3.8) is 0 Å². The smallest absolute Gasteiger partial charge is 0.243 e. The number of nitrogens with one attached hydrogen (secondary N) is 1. The van der Waals surface area contributed by atoms with Crippen LogP contribution < -0.4 is 5.32 Å². The number of hydrogen-bond donors (Lipinski definition) is 1. The van der Waals surface area contributed by atoms with Crippen molar-refractivity contribution >= 4 is 21.8 Å². The van der Waals surface area contributed by atoms with Crippen molar-refractivity contribution < 1.29 is 22.4 Å². The number of rotatable bonds is 8. The van der Waals surface area contributed by atoms with E-state index in [1.165, 1.54) is 4.31 Å². The molecular formula is C22H28N4O5S. The third kappa shape index (κ3) is 5.20. The second-order valence-electron chi connectivity index (χ2n) is 8.10. The van der Waals surface area contributed by atoms with Crippen LogP contribution in [0.1, 0.15) is 12.2 Å². The quantitative estimate of drug-likeness (QED) is 0.624. The minimum Gasteiger partial charge on any atom is -0.467 e. The van der Waals surface area contributed by atoms with Gasteiger partial charge in [0, 0.05) is 52.2 Å². The number of carbonyl (C=O) groups excluding carboxylic acids is 2. The van der Waals surface area contributed by atoms with Crippen LogP contribution in [0.5, 0.6) is 0 Å². The van der Waals surface area contributed by atoms with Gasteiger partial charge in [-0.05, 0) is 24.3 Å². The topological polar surface area (TPSA) is 103 Å². The van der Waals surface area contributed by atoms with Gasteiger partial charge in [0.15, 0.2) is 0 Å². The number of hydrogen-bond acceptors (Lipinski definition) is 6. The van der Waals surface area contributed by atoms with Crippen molar-refractivity contribution in [2.75, 3.05) is 45.8 Å². The largest absolute Gasteiger partial charge is 0.467 e. The van der Waals surface area contributed by atoms with Gasteiger partial charge in [-0.2, -0.15) is 4.31 Å². The molecule has 3 heterocycles. The maximum Gasteiger partial charge on any atom is 0.243 e. The molecule has 2 fully saturated rings. The van der Waals surface area contributed by atoms with Crippen LogP contribution in [-0.4, -0.2) is 80.2 Å². The van der Waals surface area contributed by atoms with Gasteiger partial charge in [-0.3, -0.25) is 14.5 Å². The first-order chi connectivity index (χ1) is 15.4. The van der Waals surface area contributed by atoms with Crippen LogP contribution in [0.4, 0.5) is 0 Å². The number of furan rings is 1. The van der Waals surface area contributed by atoms with Gasteiger partial charge in [0.1, 0.15) is 5.76 Å². The molecule has 0 saturated carbocycles. The molecule has 1 N–H and O–H groups in total. The summed E-state index contributed by atoms with van der Waals surface area (Å²) in [6, 6.07) is 12.0. The molecule has 172 valence electrons. The van der Waals surface area contributed by atoms with E-state index in [1.807, 2.05) is 0 Å². The van der Waals surface area contributed by atoms with Crippen molar-refractivity contribution in [3.05, 3.63) is 54.5 Å². The molecule has 0 aliphatic carbocycles. The zero-order valence-corrected chi connectivity index (χ0v) is 18.7. The number of carbonyl (C=O) groups is 2. The van der Waals surface area contributed by atoms with E-state index in [1.54, 1.807) is 53.6 Å². The average Bonchev–Trinajstić information content (AvgIpc) is 3.46. The summed E-state index contributed by atoms with van der Waals surface area (Å²) < 4.78 is 32.2. The fraction of sp³-hybridized carbons (Fsp3) is 0.455. The lowest BCUT2D eigenvalue weighted by Crippen LogP contribution is -2.50. The Morgan fingerprint density at radius 2 is 1.78 bits per heavy atom. The van der Waals surface area contributed by atoms with E-state index < -0.39 is 10.0 Å². The molecule has 2 aliphatic rings. The molecule has 0 unspecified atom stereocenters. The summed E-state index contributed by atoms with van der Waals surface area (Å²) in [5, 5.41) is 2.82. The van der Waals surface area contributed by atoms with Crippen molar-refractivity contribution in [1.29, 1.82) is 0 Å². The monoisotopic (exact) mass is 460 g/mol. The number of sulfonamides is 1. The lowest BCUT2D eigenvalue weighted by atomic mass is 10.1. The summed E-state index contributed by atoms with van der Waals surface area (Å²) in [6.07, 6.45) is 1.77. The van der Waals surface area contributed by atoms with Gasteiger partial charge < -0.3 is 14.6 Å². The molecule has 2 amide bonds. The Labute approximate surface area is 188 Å². The first-order valence-corrected chi connectivity index (χ1v) is 12.2. The van der Waals surface area contributed by atoms with E-state index in [0.717, 1.165) is 0 Å². The van der Waals surface area contributed by atoms with Crippen molar-refractivity contribution in [3.8, 4) is 0 Å². The third-order valence-corrected chi connectivity index (χ3v) is 7.91. The molecule has 2 aliphatic heterocycles. The van der Waals surface area contributed by atoms with Gasteiger partial charge in [-0.15, -0.1) is 0 Å². The summed E-state index contributed by atoms with van der Waals surface area (Å²) in [5.74, 6) is 0.156. The van der Waals surface area contributed by atoms with Crippen LogP contribution in [0.15, 0.2) is 58.0 Å². The van der Waals surface area contributed by atoms with Crippen molar-refractivity contribution in [2.45, 2.75) is 17.9 Å². The number of nitrogens with zero attached hydrogens (tertiary/aromatic N) is 3. The summed E-state index contributed by atoms with van der Waals surface area (Å²) in [5.41, 5.74) is 0. The molecule has 1 aromatic heterocycles. The Bertz CT molecular complexity index is 1020. The number of amides is 2. The maximum absolute atomic E-state index is 12.7. The molecule has 9 nitrogen and oxygen atoms in total. The third-order valence-electron chi connectivity index (χ3n) is 6.00. The molecule has 0 spiro atoms. The molecule has 0 radical (unpaired) electrons. The van der Waals surface area contributed by atoms with E-state index in [2.05, 4.69) is 10.2 Å². The molecular weight excluding hydrogens is 432 g/mol. The van der Waals surface area contributed by atoms with Gasteiger partial charge in [0.25, 0.3) is 0 Å². The minimum absolute atomic E-state index is 0.0200. The summed E-state index contributed by atoms with van der Waals surface area (Å²) in [7, 11) is -3.47. The first kappa shape index (κ1) is 22.5. The highest BCUT2D eigenvalue weighted by Gasteiger charge is 2.35. The van der Waals surface area contributed by atoms with Crippen LogP contribution in [0.25, 0.3) is 0 Å². The van der Waals surface area contributed by atoms with Gasteiger partial charge in [-0.25, -0.2) is 8.42 Å². The van der Waals surface area contributed by atoms with E-state index in [4.69, 9.17) is 4.42 Å². The lowest BCUT2D eigenvalue weighted by Gasteiger charge is -2.34. The molecule has 4 rings (SSSR count). The Morgan fingerprint density at radius 1 is 1.03 bits per heavy atom. The van der Waals surface area contributed by atoms with Crippen molar-refractivity contribution in [1.82, 2.24) is 19.4 Å². The number of piperazine rings is 1. The highest BCUT2D eigenvalue weighted by Crippen LogP contribution is 2.20. The molecule has 2 aromatic rings. The minimum atomic E-state index is -3.47. The van der Waals surface area contributed by atoms with Gasteiger partial charge in [-0.1, -0.05) is 18.2 Å². The number of likely N-dealkylation sites (tertiary alicyclic amines) is 1. The summed E-state index contributed by atoms with van der Waals surface area (Å²) in [6.45, 7) is 3.98. The van der Waals surface area contributed by atoms with Crippen LogP contribution in [-0.2, 0) is 26.2 Å². The predicted molar refractivity (Wildman–Crippen MR) is 117 cm³/mol. The fourth-order valence-corrected chi connectivity index (χ4v) is 5.54. The Hall–Kier alpha value is -2.69. The van der Waals surface area contributed by atoms with Crippen LogP contribution in [0, 0.1) is 5.92 Å². The average molecular weight is 461 g/mol. The van der Waals surface area contributed by atoms with Crippen LogP contribution in [0.3, 0.4) is 0 Å². The van der Waals surface area contributed by atoms with E-state index in [0.29, 0.717) is 63.0 Å². The highest BCUT2D eigenvalue weighted by atomic mass is 32.2. The molecule has 2 saturated heterocycles. The molecule has 10 heteroatoms. The molecule has 1 atom stereocenters. The number of benzene rings is 1. The van der Waals surface area contributed by atoms with Gasteiger partial charge >= 0.3 is 0 Å². The Balaban J connectivity index is 1.21. The van der Waals surface area contributed by atoms with Crippen molar-refractivity contribution in [2.24, 2.45) is 5.92 Å². The van der Waals surface area contributed by atoms with E-state index in [9.17, 15) is 18.0 Å². The summed E-state index contributed by atoms with van der Waals surface area (Å²) in [4.78, 5) is 28.9. The Kier molecular flexibility index (Phi) is 6.92. The van der Waals surface area contributed by atoms with E-state index in [-0.39, 0.29) is 24.2 Å². The standard InChI is InChI=1S/C22H28N4O5S/c27-21-15-18(22(28)23-16-19-5-4-14-31-19)17-25(21)11-8-24-9-12-26(13-10-24)32(29,30)20-6-2-1-3-7-20/h1-7,14,18H,8-13,15-17H2,(H,23,28)/t18-/m0/s1. The van der Waals surface area contributed by atoms with Gasteiger partial charge in [0.2, 0.25) is 21.8 Å².